The zero-order valence-corrected chi connectivity index (χ0v) is 16.5. The third-order valence-electron chi connectivity index (χ3n) is 2.86. The maximum atomic E-state index is 4.62. The van der Waals surface area contributed by atoms with Crippen molar-refractivity contribution in [3.63, 3.8) is 0 Å². The van der Waals surface area contributed by atoms with Gasteiger partial charge in [-0.2, -0.15) is 5.10 Å². The van der Waals surface area contributed by atoms with Crippen LogP contribution in [0, 0.1) is 0 Å². The third-order valence-corrected chi connectivity index (χ3v) is 11.7. The van der Waals surface area contributed by atoms with Crippen LogP contribution in [-0.4, -0.2) is 34.2 Å². The molecule has 3 nitrogen and oxygen atoms in total. The normalized spacial score (nSPS) is 13.8. The first kappa shape index (κ1) is 15.7. The summed E-state index contributed by atoms with van der Waals surface area (Å²) in [5, 5.41) is 4.62. The van der Waals surface area contributed by atoms with Gasteiger partial charge in [0.05, 0.1) is 11.9 Å². The van der Waals surface area contributed by atoms with Gasteiger partial charge >= 0.3 is 0 Å². The molecule has 0 saturated heterocycles. The summed E-state index contributed by atoms with van der Waals surface area (Å²) in [6.45, 7) is 21.6. The molecule has 0 saturated carbocycles. The van der Waals surface area contributed by atoms with Gasteiger partial charge in [0, 0.05) is 6.20 Å². The quantitative estimate of drug-likeness (QED) is 0.782. The number of hydrogen-bond acceptors (Lipinski definition) is 2. The molecule has 0 N–H and O–H groups in total. The van der Waals surface area contributed by atoms with Gasteiger partial charge in [0.1, 0.15) is 16.5 Å². The maximum absolute atomic E-state index is 4.62. The van der Waals surface area contributed by atoms with Gasteiger partial charge in [-0.05, 0) is 19.6 Å². The Bertz CT molecular complexity index is 393. The summed E-state index contributed by atoms with van der Waals surface area (Å²) >= 11 is 0. The highest BCUT2D eigenvalue weighted by Crippen LogP contribution is 2.28. The van der Waals surface area contributed by atoms with Gasteiger partial charge in [-0.25, -0.2) is 0 Å². The third kappa shape index (κ3) is 3.58. The summed E-state index contributed by atoms with van der Waals surface area (Å²) in [4.78, 5) is 0. The molecule has 104 valence electrons. The van der Waals surface area contributed by atoms with E-state index in [-0.39, 0.29) is 0 Å². The van der Waals surface area contributed by atoms with Crippen LogP contribution < -0.4 is 4.23 Å². The van der Waals surface area contributed by atoms with Crippen LogP contribution in [0.4, 0.5) is 5.69 Å². The van der Waals surface area contributed by atoms with Crippen LogP contribution >= 0.6 is 0 Å². The second kappa shape index (κ2) is 4.64. The topological polar surface area (TPSA) is 21.1 Å². The van der Waals surface area contributed by atoms with Crippen LogP contribution in [0.3, 0.4) is 0 Å². The fraction of sp³-hybridized carbons (Fsp3) is 0.750. The van der Waals surface area contributed by atoms with E-state index in [1.807, 2.05) is 0 Å². The Morgan fingerprint density at radius 1 is 0.889 bits per heavy atom. The van der Waals surface area contributed by atoms with E-state index in [1.165, 1.54) is 5.69 Å². The molecule has 18 heavy (non-hydrogen) atoms. The van der Waals surface area contributed by atoms with Crippen LogP contribution in [0.15, 0.2) is 12.4 Å². The molecule has 6 heteroatoms. The minimum Gasteiger partial charge on any atom is -0.422 e. The van der Waals surface area contributed by atoms with Gasteiger partial charge in [-0.1, -0.05) is 39.3 Å². The predicted molar refractivity (Wildman–Crippen MR) is 90.1 cm³/mol. The standard InChI is InChI=1S/C12H29N3Si3/c1-16(2,3)14-11-12(10-13-14)15(17(4,5)6)18(7,8)9/h10-11H,1-9H3. The lowest BCUT2D eigenvalue weighted by molar-refractivity contribution is 0.934. The molecular weight excluding hydrogens is 270 g/mol. The van der Waals surface area contributed by atoms with Crippen LogP contribution in [0.25, 0.3) is 0 Å². The van der Waals surface area contributed by atoms with Crippen LogP contribution in [0.1, 0.15) is 0 Å². The van der Waals surface area contributed by atoms with E-state index in [2.05, 4.69) is 85.0 Å². The van der Waals surface area contributed by atoms with Crippen LogP contribution in [0.2, 0.25) is 58.9 Å². The van der Waals surface area contributed by atoms with Gasteiger partial charge in [0.15, 0.2) is 8.24 Å². The van der Waals surface area contributed by atoms with Crippen molar-refractivity contribution < 1.29 is 0 Å². The SMILES string of the molecule is C[Si](C)(C)N(c1cnn([Si](C)(C)C)c1)[Si](C)(C)C. The van der Waals surface area contributed by atoms with Gasteiger partial charge in [0.2, 0.25) is 0 Å². The van der Waals surface area contributed by atoms with Gasteiger partial charge < -0.3 is 4.23 Å². The molecule has 0 aliphatic heterocycles. The lowest BCUT2D eigenvalue weighted by Crippen LogP contribution is -2.59. The molecule has 1 heterocycles. The maximum Gasteiger partial charge on any atom is 0.176 e. The number of rotatable bonds is 4. The highest BCUT2D eigenvalue weighted by atomic mass is 28.4. The summed E-state index contributed by atoms with van der Waals surface area (Å²) in [6.07, 6.45) is 4.36. The molecule has 0 aliphatic rings. The Hall–Kier alpha value is -0.339. The number of nitrogens with zero attached hydrogens (tertiary/aromatic N) is 3. The molecule has 0 bridgehead atoms. The van der Waals surface area contributed by atoms with Gasteiger partial charge in [0.25, 0.3) is 0 Å². The van der Waals surface area contributed by atoms with Crippen molar-refractivity contribution in [3.05, 3.63) is 12.4 Å². The minimum absolute atomic E-state index is 1.34. The molecule has 0 amide bonds. The second-order valence-electron chi connectivity index (χ2n) is 7.99. The summed E-state index contributed by atoms with van der Waals surface area (Å²) in [6, 6.07) is 0. The van der Waals surface area contributed by atoms with E-state index < -0.39 is 24.7 Å². The highest BCUT2D eigenvalue weighted by Gasteiger charge is 2.35. The molecule has 0 fully saturated rings. The smallest absolute Gasteiger partial charge is 0.176 e. The average molecular weight is 300 g/mol. The van der Waals surface area contributed by atoms with Crippen molar-refractivity contribution in [2.75, 3.05) is 4.23 Å². The van der Waals surface area contributed by atoms with Crippen LogP contribution in [0.5, 0.6) is 0 Å². The zero-order valence-electron chi connectivity index (χ0n) is 13.5. The van der Waals surface area contributed by atoms with E-state index in [4.69, 9.17) is 0 Å². The summed E-state index contributed by atoms with van der Waals surface area (Å²) in [5.74, 6) is 0. The van der Waals surface area contributed by atoms with E-state index in [1.54, 1.807) is 0 Å². The molecular formula is C12H29N3Si3. The highest BCUT2D eigenvalue weighted by molar-refractivity contribution is 6.99. The summed E-state index contributed by atoms with van der Waals surface area (Å²) in [7, 11) is -4.07. The Morgan fingerprint density at radius 2 is 1.33 bits per heavy atom. The lowest BCUT2D eigenvalue weighted by Gasteiger charge is -2.45. The van der Waals surface area contributed by atoms with E-state index >= 15 is 0 Å². The first-order valence-corrected chi connectivity index (χ1v) is 17.0. The Labute approximate surface area is 115 Å². The van der Waals surface area contributed by atoms with E-state index in [0.717, 1.165) is 0 Å². The zero-order chi connectivity index (χ0) is 14.4. The van der Waals surface area contributed by atoms with Crippen molar-refractivity contribution in [2.45, 2.75) is 58.9 Å². The van der Waals surface area contributed by atoms with Crippen molar-refractivity contribution in [1.82, 2.24) is 9.45 Å². The number of aromatic nitrogens is 2. The van der Waals surface area contributed by atoms with Crippen LogP contribution in [-0.2, 0) is 0 Å². The molecule has 0 spiro atoms. The molecule has 0 aliphatic carbocycles. The molecule has 0 aromatic carbocycles. The fourth-order valence-corrected chi connectivity index (χ4v) is 13.3. The Balaban J connectivity index is 3.21. The first-order valence-electron chi connectivity index (χ1n) is 6.69. The van der Waals surface area contributed by atoms with Crippen molar-refractivity contribution in [3.8, 4) is 0 Å². The summed E-state index contributed by atoms with van der Waals surface area (Å²) in [5.41, 5.74) is 1.34. The molecule has 1 aromatic rings. The largest absolute Gasteiger partial charge is 0.422 e. The Morgan fingerprint density at radius 3 is 1.61 bits per heavy atom. The Kier molecular flexibility index (Phi) is 4.06. The number of anilines is 1. The molecule has 0 radical (unpaired) electrons. The fourth-order valence-electron chi connectivity index (χ4n) is 2.58. The van der Waals surface area contributed by atoms with Crippen molar-refractivity contribution in [1.29, 1.82) is 0 Å². The molecule has 1 aromatic heterocycles. The molecule has 1 rings (SSSR count). The second-order valence-corrected chi connectivity index (χ2v) is 22.8. The monoisotopic (exact) mass is 299 g/mol. The minimum atomic E-state index is -1.37. The van der Waals surface area contributed by atoms with E-state index in [0.29, 0.717) is 0 Å². The average Bonchev–Trinajstić information content (AvgIpc) is 2.45. The molecule has 0 unspecified atom stereocenters. The van der Waals surface area contributed by atoms with Crippen molar-refractivity contribution in [2.24, 2.45) is 0 Å². The van der Waals surface area contributed by atoms with E-state index in [9.17, 15) is 0 Å². The lowest BCUT2D eigenvalue weighted by atomic mass is 10.6. The van der Waals surface area contributed by atoms with Gasteiger partial charge in [-0.15, -0.1) is 0 Å². The van der Waals surface area contributed by atoms with Crippen molar-refractivity contribution >= 4 is 30.4 Å². The summed E-state index contributed by atoms with van der Waals surface area (Å²) < 4.78 is 4.94. The first-order chi connectivity index (χ1) is 7.83. The number of hydrogen-bond donors (Lipinski definition) is 0. The predicted octanol–water partition coefficient (Wildman–Crippen LogP) is 4.04. The molecule has 0 atom stereocenters. The van der Waals surface area contributed by atoms with Gasteiger partial charge in [-0.3, -0.25) is 4.35 Å².